The molecular formula is C11H15N2S+. The van der Waals surface area contributed by atoms with Gasteiger partial charge in [0, 0.05) is 16.9 Å². The number of thiophene rings is 1. The fourth-order valence-corrected chi connectivity index (χ4v) is 2.36. The van der Waals surface area contributed by atoms with Crippen molar-refractivity contribution < 1.29 is 4.58 Å². The minimum Gasteiger partial charge on any atom is -0.274 e. The van der Waals surface area contributed by atoms with Gasteiger partial charge in [-0.1, -0.05) is 12.1 Å². The van der Waals surface area contributed by atoms with E-state index in [1.165, 1.54) is 10.7 Å². The van der Waals surface area contributed by atoms with Gasteiger partial charge in [-0.05, 0) is 11.4 Å². The molecule has 0 aromatic carbocycles. The van der Waals surface area contributed by atoms with Gasteiger partial charge in [0.05, 0.1) is 20.6 Å². The molecule has 1 N–H and O–H groups in total. The Bertz CT molecular complexity index is 359. The van der Waals surface area contributed by atoms with E-state index in [4.69, 9.17) is 0 Å². The van der Waals surface area contributed by atoms with Gasteiger partial charge in [-0.2, -0.15) is 0 Å². The molecule has 1 aromatic rings. The van der Waals surface area contributed by atoms with Crippen molar-refractivity contribution in [3.05, 3.63) is 34.5 Å². The van der Waals surface area contributed by atoms with Gasteiger partial charge in [0.15, 0.2) is 0 Å². The number of hydrogen-bond donors (Lipinski definition) is 1. The first-order chi connectivity index (χ1) is 6.77. The summed E-state index contributed by atoms with van der Waals surface area (Å²) >= 11 is 1.82. The fraction of sp³-hybridized carbons (Fsp3) is 0.364. The molecule has 1 atom stereocenters. The van der Waals surface area contributed by atoms with E-state index in [0.717, 1.165) is 6.54 Å². The minimum atomic E-state index is 0.540. The quantitative estimate of drug-likeness (QED) is 0.692. The number of hydrogen-bond acceptors (Lipinski definition) is 1. The van der Waals surface area contributed by atoms with Crippen LogP contribution in [-0.4, -0.2) is 31.1 Å². The lowest BCUT2D eigenvalue weighted by molar-refractivity contribution is -0.465. The molecule has 2 rings (SSSR count). The highest BCUT2D eigenvalue weighted by molar-refractivity contribution is 7.10. The van der Waals surface area contributed by atoms with Crippen LogP contribution in [0.1, 0.15) is 10.8 Å². The van der Waals surface area contributed by atoms with Gasteiger partial charge in [0.2, 0.25) is 0 Å². The number of amidine groups is 1. The van der Waals surface area contributed by atoms with Crippen LogP contribution in [-0.2, 0) is 0 Å². The molecule has 0 fully saturated rings. The van der Waals surface area contributed by atoms with Gasteiger partial charge in [-0.25, -0.2) is 0 Å². The van der Waals surface area contributed by atoms with Gasteiger partial charge in [0.25, 0.3) is 5.84 Å². The van der Waals surface area contributed by atoms with Gasteiger partial charge < -0.3 is 0 Å². The second-order valence-corrected chi connectivity index (χ2v) is 4.62. The lowest BCUT2D eigenvalue weighted by atomic mass is 10.0. The van der Waals surface area contributed by atoms with Crippen molar-refractivity contribution in [3.8, 4) is 0 Å². The first-order valence-corrected chi connectivity index (χ1v) is 5.65. The molecule has 2 nitrogen and oxygen atoms in total. The smallest absolute Gasteiger partial charge is 0.268 e. The summed E-state index contributed by atoms with van der Waals surface area (Å²) in [6.45, 7) is 1.00. The molecule has 1 aromatic heterocycles. The minimum absolute atomic E-state index is 0.540. The van der Waals surface area contributed by atoms with Crippen LogP contribution in [0.3, 0.4) is 0 Å². The molecule has 0 aliphatic carbocycles. The molecule has 0 saturated carbocycles. The topological polar surface area (TPSA) is 15.0 Å². The standard InChI is InChI=1S/C11H14N2S/c1-13(2)11-6-5-9(8-12-11)10-4-3-7-14-10/h3-7,9H,8H2,1-2H3/p+1/t9-/m1/s1. The highest BCUT2D eigenvalue weighted by Crippen LogP contribution is 2.23. The summed E-state index contributed by atoms with van der Waals surface area (Å²) in [5.41, 5.74) is 0. The summed E-state index contributed by atoms with van der Waals surface area (Å²) in [5, 5.41) is 5.55. The number of nitrogens with zero attached hydrogens (tertiary/aromatic N) is 1. The van der Waals surface area contributed by atoms with E-state index in [-0.39, 0.29) is 0 Å². The third-order valence-electron chi connectivity index (χ3n) is 2.38. The molecule has 1 aliphatic rings. The van der Waals surface area contributed by atoms with Crippen LogP contribution >= 0.6 is 11.3 Å². The largest absolute Gasteiger partial charge is 0.274 e. The zero-order chi connectivity index (χ0) is 9.97. The molecule has 0 bridgehead atoms. The van der Waals surface area contributed by atoms with Crippen molar-refractivity contribution in [2.45, 2.75) is 5.92 Å². The van der Waals surface area contributed by atoms with Gasteiger partial charge in [0.1, 0.15) is 0 Å². The van der Waals surface area contributed by atoms with Crippen molar-refractivity contribution >= 4 is 17.2 Å². The van der Waals surface area contributed by atoms with Gasteiger partial charge >= 0.3 is 0 Å². The molecule has 0 saturated heterocycles. The summed E-state index contributed by atoms with van der Waals surface area (Å²) in [4.78, 5) is 1.44. The molecular weight excluding hydrogens is 192 g/mol. The second-order valence-electron chi connectivity index (χ2n) is 3.64. The molecule has 14 heavy (non-hydrogen) atoms. The zero-order valence-corrected chi connectivity index (χ0v) is 9.34. The highest BCUT2D eigenvalue weighted by atomic mass is 32.1. The maximum absolute atomic E-state index is 3.42. The Hall–Kier alpha value is -1.09. The van der Waals surface area contributed by atoms with Crippen molar-refractivity contribution in [1.29, 1.82) is 0 Å². The Balaban J connectivity index is 2.16. The zero-order valence-electron chi connectivity index (χ0n) is 8.53. The predicted molar refractivity (Wildman–Crippen MR) is 61.3 cm³/mol. The summed E-state index contributed by atoms with van der Waals surface area (Å²) in [6, 6.07) is 4.31. The molecule has 0 radical (unpaired) electrons. The van der Waals surface area contributed by atoms with Crippen molar-refractivity contribution in [1.82, 2.24) is 5.32 Å². The monoisotopic (exact) mass is 207 g/mol. The van der Waals surface area contributed by atoms with Crippen LogP contribution < -0.4 is 5.32 Å². The van der Waals surface area contributed by atoms with E-state index in [1.54, 1.807) is 0 Å². The molecule has 1 aliphatic heterocycles. The van der Waals surface area contributed by atoms with Crippen LogP contribution in [0.2, 0.25) is 0 Å². The van der Waals surface area contributed by atoms with Crippen LogP contribution in [0.15, 0.2) is 29.7 Å². The van der Waals surface area contributed by atoms with E-state index < -0.39 is 0 Å². The van der Waals surface area contributed by atoms with Crippen molar-refractivity contribution in [3.63, 3.8) is 0 Å². The molecule has 0 unspecified atom stereocenters. The fourth-order valence-electron chi connectivity index (χ4n) is 1.55. The summed E-state index contributed by atoms with van der Waals surface area (Å²) in [7, 11) is 4.11. The normalized spacial score (nSPS) is 20.7. The summed E-state index contributed by atoms with van der Waals surface area (Å²) in [5.74, 6) is 1.73. The maximum Gasteiger partial charge on any atom is 0.268 e. The molecule has 0 spiro atoms. The van der Waals surface area contributed by atoms with Crippen LogP contribution in [0.4, 0.5) is 0 Å². The third-order valence-corrected chi connectivity index (χ3v) is 3.38. The van der Waals surface area contributed by atoms with E-state index in [0.29, 0.717) is 5.92 Å². The average molecular weight is 207 g/mol. The highest BCUT2D eigenvalue weighted by Gasteiger charge is 2.18. The number of rotatable bonds is 1. The van der Waals surface area contributed by atoms with E-state index in [1.807, 2.05) is 11.3 Å². The lowest BCUT2D eigenvalue weighted by Crippen LogP contribution is -2.35. The van der Waals surface area contributed by atoms with E-state index in [2.05, 4.69) is 53.7 Å². The third kappa shape index (κ3) is 1.87. The van der Waals surface area contributed by atoms with E-state index in [9.17, 15) is 0 Å². The Morgan fingerprint density at radius 1 is 1.50 bits per heavy atom. The molecule has 3 heteroatoms. The van der Waals surface area contributed by atoms with E-state index >= 15 is 0 Å². The first kappa shape index (κ1) is 9.46. The van der Waals surface area contributed by atoms with Crippen molar-refractivity contribution in [2.24, 2.45) is 0 Å². The summed E-state index contributed by atoms with van der Waals surface area (Å²) in [6.07, 6.45) is 4.44. The first-order valence-electron chi connectivity index (χ1n) is 4.77. The Kier molecular flexibility index (Phi) is 2.68. The van der Waals surface area contributed by atoms with Crippen molar-refractivity contribution in [2.75, 3.05) is 20.6 Å². The Labute approximate surface area is 88.6 Å². The van der Waals surface area contributed by atoms with Crippen LogP contribution in [0.5, 0.6) is 0 Å². The van der Waals surface area contributed by atoms with Crippen LogP contribution in [0, 0.1) is 0 Å². The summed E-state index contributed by atoms with van der Waals surface area (Å²) < 4.78 is 2.10. The maximum atomic E-state index is 3.42. The molecule has 0 amide bonds. The molecule has 74 valence electrons. The lowest BCUT2D eigenvalue weighted by Gasteiger charge is -2.14. The van der Waals surface area contributed by atoms with Crippen LogP contribution in [0.25, 0.3) is 0 Å². The predicted octanol–water partition coefficient (Wildman–Crippen LogP) is 1.66. The Morgan fingerprint density at radius 2 is 2.36 bits per heavy atom. The second kappa shape index (κ2) is 3.96. The van der Waals surface area contributed by atoms with Gasteiger partial charge in [-0.15, -0.1) is 11.3 Å². The van der Waals surface area contributed by atoms with Gasteiger partial charge in [-0.3, -0.25) is 9.89 Å². The SMILES string of the molecule is C[N+](C)=C1C=C[C@@H](c2cccs2)CN1. The number of nitrogens with one attached hydrogen (secondary N) is 1. The average Bonchev–Trinajstić information content (AvgIpc) is 2.71. The Morgan fingerprint density at radius 3 is 2.86 bits per heavy atom. The molecule has 2 heterocycles.